The van der Waals surface area contributed by atoms with Crippen molar-refractivity contribution in [2.75, 3.05) is 7.11 Å². The van der Waals surface area contributed by atoms with Gasteiger partial charge in [-0.15, -0.1) is 0 Å². The van der Waals surface area contributed by atoms with Gasteiger partial charge in [0.2, 0.25) is 0 Å². The van der Waals surface area contributed by atoms with Crippen LogP contribution in [0.15, 0.2) is 0 Å². The van der Waals surface area contributed by atoms with Crippen molar-refractivity contribution in [2.45, 2.75) is 96.0 Å². The second kappa shape index (κ2) is 5.46. The molecular formula is C21H34O6. The van der Waals surface area contributed by atoms with E-state index in [2.05, 4.69) is 20.8 Å². The van der Waals surface area contributed by atoms with Gasteiger partial charge >= 0.3 is 0 Å². The molecule has 5 rings (SSSR count). The van der Waals surface area contributed by atoms with E-state index in [4.69, 9.17) is 18.9 Å². The molecule has 6 nitrogen and oxygen atoms in total. The fraction of sp³-hybridized carbons (Fsp3) is 1.00. The zero-order valence-electron chi connectivity index (χ0n) is 17.1. The molecule has 2 saturated carbocycles. The molecule has 154 valence electrons. The van der Waals surface area contributed by atoms with Gasteiger partial charge in [-0.2, -0.15) is 0 Å². The van der Waals surface area contributed by atoms with Gasteiger partial charge in [-0.3, -0.25) is 0 Å². The monoisotopic (exact) mass is 382 g/mol. The topological polar surface area (TPSA) is 77.4 Å². The number of rotatable bonds is 1. The second-order valence-electron chi connectivity index (χ2n) is 10.9. The van der Waals surface area contributed by atoms with Crippen LogP contribution < -0.4 is 0 Å². The molecule has 0 aromatic carbocycles. The zero-order chi connectivity index (χ0) is 19.4. The fourth-order valence-corrected chi connectivity index (χ4v) is 7.69. The number of fused-ring (bicyclic) bond motifs is 6. The van der Waals surface area contributed by atoms with Crippen LogP contribution in [0.5, 0.6) is 0 Å². The summed E-state index contributed by atoms with van der Waals surface area (Å²) in [6.45, 7) is 8.42. The molecule has 0 radical (unpaired) electrons. The zero-order valence-corrected chi connectivity index (χ0v) is 17.1. The summed E-state index contributed by atoms with van der Waals surface area (Å²) >= 11 is 0. The maximum absolute atomic E-state index is 11.3. The Balaban J connectivity index is 1.55. The molecule has 3 aliphatic heterocycles. The minimum absolute atomic E-state index is 0.0520. The van der Waals surface area contributed by atoms with Gasteiger partial charge < -0.3 is 29.2 Å². The number of aliphatic hydroxyl groups is 2. The van der Waals surface area contributed by atoms with Crippen LogP contribution in [0.4, 0.5) is 0 Å². The number of ether oxygens (including phenoxy) is 4. The van der Waals surface area contributed by atoms with E-state index in [1.807, 2.05) is 6.92 Å². The maximum Gasteiger partial charge on any atom is 0.169 e. The summed E-state index contributed by atoms with van der Waals surface area (Å²) in [5, 5.41) is 22.3. The van der Waals surface area contributed by atoms with Crippen LogP contribution in [0.1, 0.15) is 59.8 Å². The Morgan fingerprint density at radius 1 is 1.00 bits per heavy atom. The van der Waals surface area contributed by atoms with Crippen molar-refractivity contribution >= 4 is 0 Å². The van der Waals surface area contributed by atoms with Crippen molar-refractivity contribution in [3.63, 3.8) is 0 Å². The summed E-state index contributed by atoms with van der Waals surface area (Å²) in [5.41, 5.74) is -1.75. The SMILES string of the molecule is CO[C@@H]1O[C@H]2O[C@@H]3C[C@]45C[C@@](C)(O)[C@H](CC[C@H]4[C@@](C)(O3)[C@H]2CC1(C)C)[C@H]5O. The third kappa shape index (κ3) is 2.29. The molecule has 2 aliphatic carbocycles. The predicted octanol–water partition coefficient (Wildman–Crippen LogP) is 2.41. The normalized spacial score (nSPS) is 61.2. The molecule has 3 saturated heterocycles. The lowest BCUT2D eigenvalue weighted by atomic mass is 9.53. The van der Waals surface area contributed by atoms with Gasteiger partial charge in [0.05, 0.1) is 17.3 Å². The Morgan fingerprint density at radius 2 is 1.74 bits per heavy atom. The van der Waals surface area contributed by atoms with Crippen LogP contribution >= 0.6 is 0 Å². The first-order valence-corrected chi connectivity index (χ1v) is 10.5. The van der Waals surface area contributed by atoms with Crippen LogP contribution in [0.3, 0.4) is 0 Å². The lowest BCUT2D eigenvalue weighted by molar-refractivity contribution is -0.449. The lowest BCUT2D eigenvalue weighted by Crippen LogP contribution is -2.70. The molecule has 27 heavy (non-hydrogen) atoms. The largest absolute Gasteiger partial charge is 0.392 e. The van der Waals surface area contributed by atoms with Crippen LogP contribution in [-0.4, -0.2) is 53.5 Å². The van der Waals surface area contributed by atoms with E-state index in [9.17, 15) is 10.2 Å². The summed E-state index contributed by atoms with van der Waals surface area (Å²) in [4.78, 5) is 0. The Labute approximate surface area is 161 Å². The highest BCUT2D eigenvalue weighted by Gasteiger charge is 2.73. The predicted molar refractivity (Wildman–Crippen MR) is 96.4 cm³/mol. The Hall–Kier alpha value is -0.240. The Kier molecular flexibility index (Phi) is 3.80. The van der Waals surface area contributed by atoms with E-state index in [0.29, 0.717) is 12.8 Å². The molecule has 0 aromatic rings. The number of hydrogen-bond donors (Lipinski definition) is 2. The van der Waals surface area contributed by atoms with E-state index in [1.165, 1.54) is 0 Å². The molecule has 3 heterocycles. The molecule has 0 amide bonds. The molecular weight excluding hydrogens is 348 g/mol. The first-order valence-electron chi connectivity index (χ1n) is 10.5. The summed E-state index contributed by atoms with van der Waals surface area (Å²) < 4.78 is 24.6. The average Bonchev–Trinajstić information content (AvgIpc) is 2.67. The molecule has 5 aliphatic rings. The standard InChI is InChI=1S/C21H34O6/c1-18(2)8-12-16(26-17(18)24-5)25-14-9-21-10-19(3,23)11(15(21)22)6-7-13(21)20(12,4)27-14/h11-17,22-23H,6-10H2,1-5H3/t11-,12+,13+,14+,15-,16-,17-,19-,20+,21+/m1/s1. The molecule has 0 aromatic heterocycles. The molecule has 6 heteroatoms. The van der Waals surface area contributed by atoms with Gasteiger partial charge in [0.25, 0.3) is 0 Å². The van der Waals surface area contributed by atoms with Gasteiger partial charge in [-0.25, -0.2) is 0 Å². The second-order valence-corrected chi connectivity index (χ2v) is 10.9. The van der Waals surface area contributed by atoms with Gasteiger partial charge in [0.15, 0.2) is 18.9 Å². The van der Waals surface area contributed by atoms with Crippen molar-refractivity contribution < 1.29 is 29.2 Å². The first kappa shape index (κ1) is 18.8. The van der Waals surface area contributed by atoms with E-state index in [1.54, 1.807) is 7.11 Å². The first-order chi connectivity index (χ1) is 12.5. The minimum atomic E-state index is -0.820. The van der Waals surface area contributed by atoms with Gasteiger partial charge in [0.1, 0.15) is 0 Å². The van der Waals surface area contributed by atoms with Crippen molar-refractivity contribution in [3.05, 3.63) is 0 Å². The van der Waals surface area contributed by atoms with E-state index < -0.39 is 23.6 Å². The van der Waals surface area contributed by atoms with E-state index in [-0.39, 0.29) is 41.2 Å². The molecule has 10 atom stereocenters. The van der Waals surface area contributed by atoms with E-state index in [0.717, 1.165) is 19.3 Å². The van der Waals surface area contributed by atoms with Gasteiger partial charge in [-0.05, 0) is 45.4 Å². The van der Waals surface area contributed by atoms with Gasteiger partial charge in [-0.1, -0.05) is 13.8 Å². The molecule has 0 unspecified atom stereocenters. The Morgan fingerprint density at radius 3 is 2.44 bits per heavy atom. The smallest absolute Gasteiger partial charge is 0.169 e. The van der Waals surface area contributed by atoms with Crippen molar-refractivity contribution in [1.29, 1.82) is 0 Å². The molecule has 2 N–H and O–H groups in total. The minimum Gasteiger partial charge on any atom is -0.392 e. The van der Waals surface area contributed by atoms with Crippen LogP contribution in [0.25, 0.3) is 0 Å². The summed E-state index contributed by atoms with van der Waals surface area (Å²) in [7, 11) is 1.68. The van der Waals surface area contributed by atoms with Crippen LogP contribution in [-0.2, 0) is 18.9 Å². The highest BCUT2D eigenvalue weighted by molar-refractivity contribution is 5.20. The number of methoxy groups -OCH3 is 1. The number of aliphatic hydroxyl groups excluding tert-OH is 1. The average molecular weight is 382 g/mol. The Bertz CT molecular complexity index is 634. The van der Waals surface area contributed by atoms with E-state index >= 15 is 0 Å². The quantitative estimate of drug-likeness (QED) is 0.725. The number of hydrogen-bond acceptors (Lipinski definition) is 6. The van der Waals surface area contributed by atoms with Gasteiger partial charge in [0, 0.05) is 36.2 Å². The lowest BCUT2D eigenvalue weighted by Gasteiger charge is -2.65. The van der Waals surface area contributed by atoms with Crippen molar-refractivity contribution in [1.82, 2.24) is 0 Å². The van der Waals surface area contributed by atoms with Crippen molar-refractivity contribution in [3.8, 4) is 0 Å². The highest BCUT2D eigenvalue weighted by atomic mass is 16.8. The van der Waals surface area contributed by atoms with Crippen LogP contribution in [0.2, 0.25) is 0 Å². The molecule has 1 spiro atoms. The third-order valence-electron chi connectivity index (χ3n) is 8.75. The summed E-state index contributed by atoms with van der Waals surface area (Å²) in [6.07, 6.45) is 2.37. The molecule has 4 bridgehead atoms. The van der Waals surface area contributed by atoms with Crippen LogP contribution in [0, 0.1) is 28.6 Å². The summed E-state index contributed by atoms with van der Waals surface area (Å²) in [6, 6.07) is 0. The highest BCUT2D eigenvalue weighted by Crippen LogP contribution is 2.69. The third-order valence-corrected chi connectivity index (χ3v) is 8.75. The maximum atomic E-state index is 11.3. The van der Waals surface area contributed by atoms with Crippen molar-refractivity contribution in [2.24, 2.45) is 28.6 Å². The molecule has 5 fully saturated rings. The fourth-order valence-electron chi connectivity index (χ4n) is 7.69. The summed E-state index contributed by atoms with van der Waals surface area (Å²) in [5.74, 6) is 0.215.